The van der Waals surface area contributed by atoms with Crippen molar-refractivity contribution in [1.29, 1.82) is 0 Å². The van der Waals surface area contributed by atoms with Gasteiger partial charge in [0.1, 0.15) is 11.0 Å². The summed E-state index contributed by atoms with van der Waals surface area (Å²) in [7, 11) is 0. The van der Waals surface area contributed by atoms with Gasteiger partial charge >= 0.3 is 0 Å². The number of amides is 1. The number of aryl methyl sites for hydroxylation is 1. The Morgan fingerprint density at radius 1 is 1.29 bits per heavy atom. The van der Waals surface area contributed by atoms with Crippen LogP contribution in [0.3, 0.4) is 0 Å². The summed E-state index contributed by atoms with van der Waals surface area (Å²) in [6.45, 7) is 0. The number of H-pyrrole nitrogens is 1. The number of aromatic nitrogens is 4. The number of aromatic amines is 1. The maximum Gasteiger partial charge on any atom is 0.225 e. The molecule has 0 saturated carbocycles. The normalized spacial score (nSPS) is 10.5. The highest BCUT2D eigenvalue weighted by molar-refractivity contribution is 6.29. The molecule has 3 rings (SSSR count). The van der Waals surface area contributed by atoms with Crippen molar-refractivity contribution in [2.75, 3.05) is 11.1 Å². The predicted octanol–water partition coefficient (Wildman–Crippen LogP) is 2.67. The number of hydrogen-bond acceptors (Lipinski definition) is 5. The predicted molar refractivity (Wildman–Crippen MR) is 92.4 cm³/mol. The number of carbonyl (C=O) groups excluding carboxylic acids is 1. The molecule has 0 bridgehead atoms. The maximum atomic E-state index is 12.0. The molecule has 7 nitrogen and oxygen atoms in total. The van der Waals surface area contributed by atoms with Gasteiger partial charge in [-0.3, -0.25) is 14.9 Å². The van der Waals surface area contributed by atoms with Gasteiger partial charge in [-0.05, 0) is 24.1 Å². The monoisotopic (exact) mass is 342 g/mol. The minimum Gasteiger partial charge on any atom is -0.397 e. The number of nitrogen functional groups attached to an aromatic ring is 1. The van der Waals surface area contributed by atoms with Crippen LogP contribution in [0, 0.1) is 0 Å². The highest BCUT2D eigenvalue weighted by Gasteiger charge is 2.09. The second-order valence-corrected chi connectivity index (χ2v) is 5.55. The Hall–Kier alpha value is -2.93. The third-order valence-corrected chi connectivity index (χ3v) is 3.63. The van der Waals surface area contributed by atoms with E-state index in [1.807, 2.05) is 6.07 Å². The molecule has 0 aromatic carbocycles. The lowest BCUT2D eigenvalue weighted by molar-refractivity contribution is -0.116. The van der Waals surface area contributed by atoms with Gasteiger partial charge in [0.2, 0.25) is 5.91 Å². The van der Waals surface area contributed by atoms with E-state index >= 15 is 0 Å². The van der Waals surface area contributed by atoms with Crippen LogP contribution in [0.5, 0.6) is 0 Å². The number of pyridine rings is 2. The fourth-order valence-corrected chi connectivity index (χ4v) is 2.30. The molecule has 0 radical (unpaired) electrons. The second-order valence-electron chi connectivity index (χ2n) is 5.17. The van der Waals surface area contributed by atoms with Crippen molar-refractivity contribution in [3.05, 3.63) is 53.6 Å². The van der Waals surface area contributed by atoms with Crippen molar-refractivity contribution in [1.82, 2.24) is 20.2 Å². The zero-order chi connectivity index (χ0) is 16.9. The SMILES string of the molecule is Nc1cnccc1-c1cc(NC(=O)CCc2ccc(Cl)nc2)[nH]n1. The van der Waals surface area contributed by atoms with Crippen LogP contribution in [0.25, 0.3) is 11.3 Å². The minimum atomic E-state index is -0.122. The summed E-state index contributed by atoms with van der Waals surface area (Å²) in [5, 5.41) is 10.1. The topological polar surface area (TPSA) is 110 Å². The largest absolute Gasteiger partial charge is 0.397 e. The van der Waals surface area contributed by atoms with E-state index < -0.39 is 0 Å². The number of halogens is 1. The van der Waals surface area contributed by atoms with Crippen LogP contribution >= 0.6 is 11.6 Å². The standard InChI is InChI=1S/C16H15ClN6O/c17-14-3-1-10(8-20-14)2-4-16(24)21-15-7-13(22-23-15)11-5-6-19-9-12(11)18/h1,3,5-9H,2,4,18H2,(H2,21,22,23,24). The van der Waals surface area contributed by atoms with E-state index in [9.17, 15) is 4.79 Å². The average Bonchev–Trinajstić information content (AvgIpc) is 3.03. The van der Waals surface area contributed by atoms with Crippen LogP contribution in [-0.4, -0.2) is 26.1 Å². The smallest absolute Gasteiger partial charge is 0.225 e. The maximum absolute atomic E-state index is 12.0. The molecule has 0 aliphatic carbocycles. The molecule has 0 aliphatic heterocycles. The van der Waals surface area contributed by atoms with Crippen molar-refractivity contribution < 1.29 is 4.79 Å². The Bertz CT molecular complexity index is 846. The fraction of sp³-hybridized carbons (Fsp3) is 0.125. The molecule has 3 heterocycles. The second kappa shape index (κ2) is 7.10. The third-order valence-electron chi connectivity index (χ3n) is 3.41. The number of nitrogens with two attached hydrogens (primary N) is 1. The summed E-state index contributed by atoms with van der Waals surface area (Å²) in [5.41, 5.74) is 8.74. The van der Waals surface area contributed by atoms with Gasteiger partial charge in [0.15, 0.2) is 0 Å². The van der Waals surface area contributed by atoms with Gasteiger partial charge in [0.25, 0.3) is 0 Å². The van der Waals surface area contributed by atoms with Crippen LogP contribution in [0.2, 0.25) is 5.15 Å². The summed E-state index contributed by atoms with van der Waals surface area (Å²) >= 11 is 5.73. The number of nitrogens with zero attached hydrogens (tertiary/aromatic N) is 3. The van der Waals surface area contributed by atoms with E-state index in [0.29, 0.717) is 35.2 Å². The molecule has 0 saturated heterocycles. The fourth-order valence-electron chi connectivity index (χ4n) is 2.19. The number of anilines is 2. The van der Waals surface area contributed by atoms with E-state index in [0.717, 1.165) is 11.1 Å². The van der Waals surface area contributed by atoms with Crippen LogP contribution in [0.4, 0.5) is 11.5 Å². The first-order valence-corrected chi connectivity index (χ1v) is 7.65. The van der Waals surface area contributed by atoms with Crippen molar-refractivity contribution in [2.24, 2.45) is 0 Å². The first kappa shape index (κ1) is 15.9. The Balaban J connectivity index is 1.59. The van der Waals surface area contributed by atoms with E-state index in [4.69, 9.17) is 17.3 Å². The van der Waals surface area contributed by atoms with E-state index in [1.54, 1.807) is 36.8 Å². The molecule has 4 N–H and O–H groups in total. The minimum absolute atomic E-state index is 0.122. The molecule has 3 aromatic rings. The van der Waals surface area contributed by atoms with Gasteiger partial charge in [-0.25, -0.2) is 4.98 Å². The van der Waals surface area contributed by atoms with Gasteiger partial charge in [-0.1, -0.05) is 17.7 Å². The van der Waals surface area contributed by atoms with Gasteiger partial charge in [0, 0.05) is 30.4 Å². The van der Waals surface area contributed by atoms with E-state index in [-0.39, 0.29) is 5.91 Å². The van der Waals surface area contributed by atoms with Crippen LogP contribution in [0.1, 0.15) is 12.0 Å². The Labute approximate surface area is 143 Å². The lowest BCUT2D eigenvalue weighted by atomic mass is 10.1. The molecule has 3 aromatic heterocycles. The molecule has 24 heavy (non-hydrogen) atoms. The van der Waals surface area contributed by atoms with Gasteiger partial charge < -0.3 is 11.1 Å². The average molecular weight is 343 g/mol. The van der Waals surface area contributed by atoms with Crippen molar-refractivity contribution in [2.45, 2.75) is 12.8 Å². The molecule has 0 spiro atoms. The van der Waals surface area contributed by atoms with Crippen LogP contribution < -0.4 is 11.1 Å². The van der Waals surface area contributed by atoms with Crippen LogP contribution in [-0.2, 0) is 11.2 Å². The molecule has 8 heteroatoms. The van der Waals surface area contributed by atoms with Gasteiger partial charge in [-0.2, -0.15) is 5.10 Å². The lowest BCUT2D eigenvalue weighted by Crippen LogP contribution is -2.12. The third kappa shape index (κ3) is 3.88. The quantitative estimate of drug-likeness (QED) is 0.617. The van der Waals surface area contributed by atoms with Gasteiger partial charge in [-0.15, -0.1) is 0 Å². The number of rotatable bonds is 5. The number of carbonyl (C=O) groups is 1. The van der Waals surface area contributed by atoms with E-state index in [1.165, 1.54) is 0 Å². The summed E-state index contributed by atoms with van der Waals surface area (Å²) < 4.78 is 0. The molecular weight excluding hydrogens is 328 g/mol. The first-order chi connectivity index (χ1) is 11.6. The summed E-state index contributed by atoms with van der Waals surface area (Å²) in [6, 6.07) is 7.05. The highest BCUT2D eigenvalue weighted by atomic mass is 35.5. The Kier molecular flexibility index (Phi) is 4.72. The summed E-state index contributed by atoms with van der Waals surface area (Å²) in [6.07, 6.45) is 5.76. The highest BCUT2D eigenvalue weighted by Crippen LogP contribution is 2.24. The molecule has 0 unspecified atom stereocenters. The zero-order valence-corrected chi connectivity index (χ0v) is 13.4. The van der Waals surface area contributed by atoms with Crippen molar-refractivity contribution in [3.63, 3.8) is 0 Å². The lowest BCUT2D eigenvalue weighted by Gasteiger charge is -2.02. The van der Waals surface area contributed by atoms with E-state index in [2.05, 4.69) is 25.5 Å². The number of hydrogen-bond donors (Lipinski definition) is 3. The van der Waals surface area contributed by atoms with Crippen molar-refractivity contribution in [3.8, 4) is 11.3 Å². The van der Waals surface area contributed by atoms with Gasteiger partial charge in [0.05, 0.1) is 17.6 Å². The zero-order valence-electron chi connectivity index (χ0n) is 12.7. The molecule has 0 aliphatic rings. The first-order valence-electron chi connectivity index (χ1n) is 7.27. The molecule has 1 amide bonds. The number of nitrogens with one attached hydrogen (secondary N) is 2. The molecule has 122 valence electrons. The van der Waals surface area contributed by atoms with Crippen molar-refractivity contribution >= 4 is 29.0 Å². The molecule has 0 fully saturated rings. The Morgan fingerprint density at radius 2 is 2.17 bits per heavy atom. The van der Waals surface area contributed by atoms with Crippen LogP contribution in [0.15, 0.2) is 42.9 Å². The summed E-state index contributed by atoms with van der Waals surface area (Å²) in [4.78, 5) is 20.0. The molecule has 0 atom stereocenters. The Morgan fingerprint density at radius 3 is 2.92 bits per heavy atom. The molecular formula is C16H15ClN6O. The summed E-state index contributed by atoms with van der Waals surface area (Å²) in [5.74, 6) is 0.392.